The highest BCUT2D eigenvalue weighted by atomic mass is 16.4. The monoisotopic (exact) mass is 265 g/mol. The Balaban J connectivity index is 1.83. The van der Waals surface area contributed by atoms with Crippen LogP contribution >= 0.6 is 0 Å². The number of hydrogen-bond acceptors (Lipinski definition) is 4. The van der Waals surface area contributed by atoms with Gasteiger partial charge in [-0.15, -0.1) is 0 Å². The molecule has 0 saturated heterocycles. The average molecular weight is 265 g/mol. The Labute approximate surface area is 113 Å². The van der Waals surface area contributed by atoms with Crippen molar-refractivity contribution in [2.45, 2.75) is 39.2 Å². The van der Waals surface area contributed by atoms with Crippen molar-refractivity contribution >= 4 is 5.84 Å². The molecule has 0 aromatic carbocycles. The lowest BCUT2D eigenvalue weighted by atomic mass is 10.0. The highest BCUT2D eigenvalue weighted by Gasteiger charge is 2.42. The molecule has 6 nitrogen and oxygen atoms in total. The number of hydrogen-bond donors (Lipinski definition) is 3. The van der Waals surface area contributed by atoms with Crippen LogP contribution < -0.4 is 11.1 Å². The van der Waals surface area contributed by atoms with Crippen LogP contribution in [0.3, 0.4) is 0 Å². The standard InChI is InChI=1S/C13H23N5O/c1-3-11-10(8-18(2)16-11)7-15-9-13(4-5-13)6-12(14)17-19/h8,15,19H,3-7,9H2,1-2H3,(H2,14,17). The van der Waals surface area contributed by atoms with E-state index in [1.165, 1.54) is 5.56 Å². The highest BCUT2D eigenvalue weighted by molar-refractivity contribution is 5.80. The van der Waals surface area contributed by atoms with Crippen molar-refractivity contribution in [2.75, 3.05) is 6.54 Å². The van der Waals surface area contributed by atoms with Crippen LogP contribution in [0.1, 0.15) is 37.4 Å². The predicted molar refractivity (Wildman–Crippen MR) is 74.0 cm³/mol. The molecule has 1 saturated carbocycles. The van der Waals surface area contributed by atoms with Gasteiger partial charge in [-0.3, -0.25) is 4.68 Å². The van der Waals surface area contributed by atoms with Crippen molar-refractivity contribution in [3.63, 3.8) is 0 Å². The van der Waals surface area contributed by atoms with Gasteiger partial charge < -0.3 is 16.3 Å². The number of aromatic nitrogens is 2. The maximum Gasteiger partial charge on any atom is 0.139 e. The third kappa shape index (κ3) is 3.47. The minimum absolute atomic E-state index is 0.199. The zero-order valence-electron chi connectivity index (χ0n) is 11.7. The minimum Gasteiger partial charge on any atom is -0.409 e. The molecule has 1 fully saturated rings. The van der Waals surface area contributed by atoms with Gasteiger partial charge in [-0.1, -0.05) is 12.1 Å². The molecule has 0 bridgehead atoms. The third-order valence-electron chi connectivity index (χ3n) is 3.78. The summed E-state index contributed by atoms with van der Waals surface area (Å²) in [5.74, 6) is 0.329. The Bertz CT molecular complexity index is 462. The number of aryl methyl sites for hydroxylation is 2. The van der Waals surface area contributed by atoms with E-state index in [4.69, 9.17) is 10.9 Å². The van der Waals surface area contributed by atoms with Gasteiger partial charge in [0, 0.05) is 38.3 Å². The fourth-order valence-electron chi connectivity index (χ4n) is 2.50. The molecular formula is C13H23N5O. The zero-order valence-corrected chi connectivity index (χ0v) is 11.7. The number of amidine groups is 1. The van der Waals surface area contributed by atoms with Crippen LogP contribution in [0.5, 0.6) is 0 Å². The van der Waals surface area contributed by atoms with Crippen LogP contribution in [0.15, 0.2) is 11.4 Å². The molecule has 0 unspecified atom stereocenters. The van der Waals surface area contributed by atoms with Crippen LogP contribution in [-0.2, 0) is 20.0 Å². The van der Waals surface area contributed by atoms with Crippen molar-refractivity contribution in [1.82, 2.24) is 15.1 Å². The molecule has 1 aromatic rings. The van der Waals surface area contributed by atoms with Gasteiger partial charge in [0.25, 0.3) is 0 Å². The second kappa shape index (κ2) is 5.61. The second-order valence-electron chi connectivity index (χ2n) is 5.50. The Morgan fingerprint density at radius 3 is 2.95 bits per heavy atom. The second-order valence-corrected chi connectivity index (χ2v) is 5.50. The lowest BCUT2D eigenvalue weighted by molar-refractivity contribution is 0.314. The summed E-state index contributed by atoms with van der Waals surface area (Å²) in [5.41, 5.74) is 8.19. The molecule has 4 N–H and O–H groups in total. The molecule has 0 atom stereocenters. The molecule has 1 aliphatic rings. The summed E-state index contributed by atoms with van der Waals surface area (Å²) in [5, 5.41) is 19.6. The number of nitrogens with zero attached hydrogens (tertiary/aromatic N) is 3. The highest BCUT2D eigenvalue weighted by Crippen LogP contribution is 2.48. The van der Waals surface area contributed by atoms with E-state index in [2.05, 4.69) is 28.7 Å². The first-order valence-electron chi connectivity index (χ1n) is 6.77. The van der Waals surface area contributed by atoms with Gasteiger partial charge >= 0.3 is 0 Å². The summed E-state index contributed by atoms with van der Waals surface area (Å²) >= 11 is 0. The van der Waals surface area contributed by atoms with Gasteiger partial charge in [-0.25, -0.2) is 0 Å². The molecule has 1 aromatic heterocycles. The van der Waals surface area contributed by atoms with Crippen molar-refractivity contribution in [1.29, 1.82) is 0 Å². The Kier molecular flexibility index (Phi) is 4.09. The van der Waals surface area contributed by atoms with E-state index >= 15 is 0 Å². The summed E-state index contributed by atoms with van der Waals surface area (Å²) in [6.45, 7) is 3.85. The van der Waals surface area contributed by atoms with Gasteiger partial charge in [0.2, 0.25) is 0 Å². The van der Waals surface area contributed by atoms with E-state index < -0.39 is 0 Å². The lowest BCUT2D eigenvalue weighted by Crippen LogP contribution is -2.28. The van der Waals surface area contributed by atoms with E-state index in [0.29, 0.717) is 12.3 Å². The van der Waals surface area contributed by atoms with Gasteiger partial charge in [-0.05, 0) is 24.7 Å². The SMILES string of the molecule is CCc1nn(C)cc1CNCC1(C/C(N)=N/O)CC1. The summed E-state index contributed by atoms with van der Waals surface area (Å²) < 4.78 is 1.86. The van der Waals surface area contributed by atoms with E-state index in [-0.39, 0.29) is 5.41 Å². The molecular weight excluding hydrogens is 242 g/mol. The van der Waals surface area contributed by atoms with E-state index in [9.17, 15) is 0 Å². The summed E-state index contributed by atoms with van der Waals surface area (Å²) in [4.78, 5) is 0. The van der Waals surface area contributed by atoms with Crippen LogP contribution in [0, 0.1) is 5.41 Å². The molecule has 0 spiro atoms. The first kappa shape index (κ1) is 13.9. The largest absolute Gasteiger partial charge is 0.409 e. The molecule has 0 radical (unpaired) electrons. The Morgan fingerprint density at radius 2 is 2.37 bits per heavy atom. The summed E-state index contributed by atoms with van der Waals surface area (Å²) in [6, 6.07) is 0. The molecule has 0 aliphatic heterocycles. The van der Waals surface area contributed by atoms with E-state index in [1.54, 1.807) is 0 Å². The Morgan fingerprint density at radius 1 is 1.63 bits per heavy atom. The van der Waals surface area contributed by atoms with E-state index in [1.807, 2.05) is 11.7 Å². The maximum atomic E-state index is 8.63. The van der Waals surface area contributed by atoms with Crippen molar-refractivity contribution in [3.8, 4) is 0 Å². The van der Waals surface area contributed by atoms with Gasteiger partial charge in [-0.2, -0.15) is 5.10 Å². The molecule has 6 heteroatoms. The van der Waals surface area contributed by atoms with E-state index in [0.717, 1.165) is 38.0 Å². The normalized spacial score (nSPS) is 17.7. The van der Waals surface area contributed by atoms with Crippen LogP contribution in [0.25, 0.3) is 0 Å². The quantitative estimate of drug-likeness (QED) is 0.297. The maximum absolute atomic E-state index is 8.63. The molecule has 106 valence electrons. The summed E-state index contributed by atoms with van der Waals surface area (Å²) in [7, 11) is 1.95. The lowest BCUT2D eigenvalue weighted by Gasteiger charge is -2.14. The molecule has 1 aliphatic carbocycles. The van der Waals surface area contributed by atoms with Crippen molar-refractivity contribution in [2.24, 2.45) is 23.4 Å². The first-order chi connectivity index (χ1) is 9.08. The van der Waals surface area contributed by atoms with Gasteiger partial charge in [0.15, 0.2) is 0 Å². The minimum atomic E-state index is 0.199. The smallest absolute Gasteiger partial charge is 0.139 e. The number of rotatable bonds is 7. The fourth-order valence-corrected chi connectivity index (χ4v) is 2.50. The number of nitrogens with two attached hydrogens (primary N) is 1. The van der Waals surface area contributed by atoms with Crippen LogP contribution in [0.2, 0.25) is 0 Å². The molecule has 19 heavy (non-hydrogen) atoms. The predicted octanol–water partition coefficient (Wildman–Crippen LogP) is 0.989. The molecule has 1 heterocycles. The summed E-state index contributed by atoms with van der Waals surface area (Å²) in [6.07, 6.45) is 5.97. The fraction of sp³-hybridized carbons (Fsp3) is 0.692. The first-order valence-corrected chi connectivity index (χ1v) is 6.77. The van der Waals surface area contributed by atoms with Crippen molar-refractivity contribution in [3.05, 3.63) is 17.5 Å². The average Bonchev–Trinajstić information content (AvgIpc) is 3.04. The van der Waals surface area contributed by atoms with Crippen LogP contribution in [0.4, 0.5) is 0 Å². The van der Waals surface area contributed by atoms with Gasteiger partial charge in [0.05, 0.1) is 5.69 Å². The Hall–Kier alpha value is -1.56. The molecule has 2 rings (SSSR count). The molecule has 0 amide bonds. The number of oxime groups is 1. The van der Waals surface area contributed by atoms with Crippen molar-refractivity contribution < 1.29 is 5.21 Å². The zero-order chi connectivity index (χ0) is 13.9. The van der Waals surface area contributed by atoms with Crippen LogP contribution in [-0.4, -0.2) is 27.4 Å². The topological polar surface area (TPSA) is 88.5 Å². The number of nitrogens with one attached hydrogen (secondary N) is 1. The van der Waals surface area contributed by atoms with Gasteiger partial charge in [0.1, 0.15) is 5.84 Å². The third-order valence-corrected chi connectivity index (χ3v) is 3.78.